The van der Waals surface area contributed by atoms with Crippen LogP contribution in [-0.4, -0.2) is 120 Å². The summed E-state index contributed by atoms with van der Waals surface area (Å²) in [4.78, 5) is 77.0. The maximum absolute atomic E-state index is 13.3. The van der Waals surface area contributed by atoms with Gasteiger partial charge in [-0.15, -0.1) is 0 Å². The fourth-order valence-corrected chi connectivity index (χ4v) is 8.91. The Morgan fingerprint density at radius 2 is 1.82 bits per heavy atom. The zero-order chi connectivity index (χ0) is 39.2. The van der Waals surface area contributed by atoms with Crippen LogP contribution in [-0.2, 0) is 28.6 Å². The number of aliphatic hydroxyl groups is 1. The second kappa shape index (κ2) is 17.9. The predicted octanol–water partition coefficient (Wildman–Crippen LogP) is 3.38. The number of hydrogen-bond acceptors (Lipinski definition) is 11. The van der Waals surface area contributed by atoms with Crippen LogP contribution in [0.4, 0.5) is 10.5 Å². The maximum atomic E-state index is 13.3. The summed E-state index contributed by atoms with van der Waals surface area (Å²) in [6, 6.07) is 3.82. The predicted molar refractivity (Wildman–Crippen MR) is 198 cm³/mol. The van der Waals surface area contributed by atoms with E-state index in [0.29, 0.717) is 37.5 Å². The minimum absolute atomic E-state index is 0.0378. The van der Waals surface area contributed by atoms with E-state index in [9.17, 15) is 39.0 Å². The quantitative estimate of drug-likeness (QED) is 0.109. The van der Waals surface area contributed by atoms with Crippen molar-refractivity contribution in [3.8, 4) is 0 Å². The molecule has 5 amide bonds. The van der Waals surface area contributed by atoms with Crippen LogP contribution in [0.5, 0.6) is 0 Å². The summed E-state index contributed by atoms with van der Waals surface area (Å²) in [6.07, 6.45) is 7.67. The molecule has 298 valence electrons. The molecule has 2 aliphatic carbocycles. The van der Waals surface area contributed by atoms with Gasteiger partial charge in [-0.25, -0.2) is 4.79 Å². The Bertz CT molecular complexity index is 1710. The fraction of sp³-hybridized carbons (Fsp3) is 0.600. The summed E-state index contributed by atoms with van der Waals surface area (Å²) in [7, 11) is 0. The van der Waals surface area contributed by atoms with Crippen molar-refractivity contribution in [2.45, 2.75) is 77.0 Å². The number of fused-ring (bicyclic) bond motifs is 2. The molecular weight excluding hydrogens is 712 g/mol. The molecular formula is C40H52N4O11. The zero-order valence-electron chi connectivity index (χ0n) is 31.4. The number of cyclic esters (lactones) is 1. The first kappa shape index (κ1) is 40.1. The molecule has 1 aromatic rings. The van der Waals surface area contributed by atoms with Crippen LogP contribution in [0, 0.1) is 29.6 Å². The number of nitrogens with one attached hydrogen (secondary N) is 2. The highest BCUT2D eigenvalue weighted by Gasteiger charge is 2.46. The van der Waals surface area contributed by atoms with Crippen LogP contribution in [0.3, 0.4) is 0 Å². The van der Waals surface area contributed by atoms with Gasteiger partial charge in [-0.2, -0.15) is 0 Å². The van der Waals surface area contributed by atoms with E-state index >= 15 is 0 Å². The zero-order valence-corrected chi connectivity index (χ0v) is 31.4. The molecule has 15 heteroatoms. The summed E-state index contributed by atoms with van der Waals surface area (Å²) in [5.41, 5.74) is 2.05. The lowest BCUT2D eigenvalue weighted by Gasteiger charge is -2.45. The Morgan fingerprint density at radius 1 is 1.04 bits per heavy atom. The molecule has 0 bridgehead atoms. The number of aliphatic hydroxyl groups excluding tert-OH is 1. The monoisotopic (exact) mass is 764 g/mol. The number of anilines is 1. The molecule has 6 rings (SSSR count). The molecule has 0 aromatic heterocycles. The molecule has 2 fully saturated rings. The average Bonchev–Trinajstić information content (AvgIpc) is 3.38. The van der Waals surface area contributed by atoms with E-state index in [1.165, 1.54) is 16.5 Å². The van der Waals surface area contributed by atoms with Crippen molar-refractivity contribution in [2.75, 3.05) is 51.4 Å². The van der Waals surface area contributed by atoms with E-state index in [1.807, 2.05) is 0 Å². The van der Waals surface area contributed by atoms with Gasteiger partial charge in [0.25, 0.3) is 11.8 Å². The minimum atomic E-state index is -1.04. The van der Waals surface area contributed by atoms with Crippen molar-refractivity contribution in [1.29, 1.82) is 0 Å². The summed E-state index contributed by atoms with van der Waals surface area (Å²) in [5, 5.41) is 25.6. The molecule has 0 saturated carbocycles. The van der Waals surface area contributed by atoms with E-state index in [1.54, 1.807) is 12.1 Å². The number of ether oxygens (including phenoxy) is 3. The number of carboxylic acid groups (broad SMARTS) is 1. The molecule has 8 atom stereocenters. The molecule has 3 heterocycles. The SMILES string of the molecule is C[C@H]1C=C2C=C[C@H](C)[C@H](CC[C@@H]3C[C@@H](O)CC(=O)O3)[C@@H]2[C@@H](CN(CCOCCOCCNc2cccc3c2C(=O)N(C2CCC(=O)NC2=O)C3=O)C(=O)O)C1. The Hall–Kier alpha value is -4.60. The van der Waals surface area contributed by atoms with Gasteiger partial charge in [-0.3, -0.25) is 34.2 Å². The summed E-state index contributed by atoms with van der Waals surface area (Å²) < 4.78 is 17.0. The number of benzene rings is 1. The second-order valence-corrected chi connectivity index (χ2v) is 15.4. The molecule has 3 aliphatic heterocycles. The third kappa shape index (κ3) is 9.45. The van der Waals surface area contributed by atoms with Crippen molar-refractivity contribution < 1.29 is 53.2 Å². The van der Waals surface area contributed by atoms with Gasteiger partial charge in [0.1, 0.15) is 12.1 Å². The smallest absolute Gasteiger partial charge is 0.407 e. The number of piperidine rings is 1. The third-order valence-corrected chi connectivity index (χ3v) is 11.5. The molecule has 0 radical (unpaired) electrons. The maximum Gasteiger partial charge on any atom is 0.407 e. The standard InChI is InChI=1S/C40H52N4O11/c1-23-18-25-7-6-24(2)29(9-8-28-20-27(45)21-34(47)55-28)35(25)26(19-23)22-43(40(51)52)13-15-54-17-16-53-14-12-41-31-5-3-4-30-36(31)39(50)44(38(30)49)32-10-11-33(46)42-37(32)48/h3-7,18,23-24,26-29,32,35,41,45H,8-17,19-22H2,1-2H3,(H,51,52)(H,42,46,48)/t23-,24-,26+,27+,28+,29-,32?,35-/m0/s1. The van der Waals surface area contributed by atoms with Gasteiger partial charge < -0.3 is 34.6 Å². The highest BCUT2D eigenvalue weighted by Crippen LogP contribution is 2.47. The fourth-order valence-electron chi connectivity index (χ4n) is 8.91. The number of amides is 5. The first-order valence-electron chi connectivity index (χ1n) is 19.4. The van der Waals surface area contributed by atoms with Crippen LogP contribution in [0.2, 0.25) is 0 Å². The number of allylic oxidation sites excluding steroid dienone is 4. The first-order chi connectivity index (χ1) is 26.4. The van der Waals surface area contributed by atoms with E-state index in [4.69, 9.17) is 14.2 Å². The molecule has 15 nitrogen and oxygen atoms in total. The van der Waals surface area contributed by atoms with Crippen molar-refractivity contribution in [3.63, 3.8) is 0 Å². The highest BCUT2D eigenvalue weighted by atomic mass is 16.5. The Kier molecular flexibility index (Phi) is 13.0. The molecule has 5 aliphatic rings. The van der Waals surface area contributed by atoms with Gasteiger partial charge >= 0.3 is 12.1 Å². The summed E-state index contributed by atoms with van der Waals surface area (Å²) in [6.45, 7) is 6.24. The first-order valence-corrected chi connectivity index (χ1v) is 19.4. The number of rotatable bonds is 16. The third-order valence-electron chi connectivity index (χ3n) is 11.5. The largest absolute Gasteiger partial charge is 0.465 e. The molecule has 1 unspecified atom stereocenters. The number of carbonyl (C=O) groups excluding carboxylic acids is 5. The molecule has 2 saturated heterocycles. The van der Waals surface area contributed by atoms with Gasteiger partial charge in [-0.1, -0.05) is 38.1 Å². The van der Waals surface area contributed by atoms with Crippen LogP contribution in [0.15, 0.2) is 42.0 Å². The number of hydrogen-bond donors (Lipinski definition) is 4. The van der Waals surface area contributed by atoms with Crippen molar-refractivity contribution in [3.05, 3.63) is 53.1 Å². The van der Waals surface area contributed by atoms with Gasteiger partial charge in [-0.05, 0) is 73.0 Å². The minimum Gasteiger partial charge on any atom is -0.465 e. The van der Waals surface area contributed by atoms with E-state index < -0.39 is 41.9 Å². The van der Waals surface area contributed by atoms with Gasteiger partial charge in [0.05, 0.1) is 50.1 Å². The number of carbonyl (C=O) groups is 6. The Morgan fingerprint density at radius 3 is 2.56 bits per heavy atom. The molecule has 1 aromatic carbocycles. The topological polar surface area (TPSA) is 201 Å². The Labute approximate surface area is 320 Å². The summed E-state index contributed by atoms with van der Waals surface area (Å²) >= 11 is 0. The van der Waals surface area contributed by atoms with Crippen molar-refractivity contribution in [2.24, 2.45) is 29.6 Å². The lowest BCUT2D eigenvalue weighted by Crippen LogP contribution is -2.54. The van der Waals surface area contributed by atoms with E-state index in [-0.39, 0.29) is 99.1 Å². The Balaban J connectivity index is 0.934. The van der Waals surface area contributed by atoms with E-state index in [2.05, 4.69) is 42.7 Å². The van der Waals surface area contributed by atoms with Crippen molar-refractivity contribution in [1.82, 2.24) is 15.1 Å². The van der Waals surface area contributed by atoms with Gasteiger partial charge in [0.15, 0.2) is 0 Å². The number of nitrogens with zero attached hydrogens (tertiary/aromatic N) is 2. The lowest BCUT2D eigenvalue weighted by molar-refractivity contribution is -0.160. The molecule has 0 spiro atoms. The molecule has 4 N–H and O–H groups in total. The normalized spacial score (nSPS) is 29.0. The van der Waals surface area contributed by atoms with Crippen LogP contribution in [0.25, 0.3) is 0 Å². The number of esters is 1. The van der Waals surface area contributed by atoms with Crippen molar-refractivity contribution >= 4 is 41.4 Å². The van der Waals surface area contributed by atoms with E-state index in [0.717, 1.165) is 17.7 Å². The number of imide groups is 2. The molecule has 55 heavy (non-hydrogen) atoms. The van der Waals surface area contributed by atoms with Crippen LogP contribution in [0.1, 0.15) is 79.5 Å². The van der Waals surface area contributed by atoms with Crippen LogP contribution >= 0.6 is 0 Å². The average molecular weight is 765 g/mol. The second-order valence-electron chi connectivity index (χ2n) is 15.4. The van der Waals surface area contributed by atoms with Gasteiger partial charge in [0, 0.05) is 38.2 Å². The summed E-state index contributed by atoms with van der Waals surface area (Å²) in [5.74, 6) is -1.51. The lowest BCUT2D eigenvalue weighted by atomic mass is 9.62. The highest BCUT2D eigenvalue weighted by molar-refractivity contribution is 6.25. The van der Waals surface area contributed by atoms with Gasteiger partial charge in [0.2, 0.25) is 11.8 Å². The van der Waals surface area contributed by atoms with Crippen LogP contribution < -0.4 is 10.6 Å².